The van der Waals surface area contributed by atoms with Gasteiger partial charge in [0.25, 0.3) is 0 Å². The van der Waals surface area contributed by atoms with E-state index < -0.39 is 33.1 Å². The van der Waals surface area contributed by atoms with E-state index in [4.69, 9.17) is 5.73 Å². The molecular formula is C14H20ClF3N2O3S. The van der Waals surface area contributed by atoms with Crippen molar-refractivity contribution in [2.45, 2.75) is 43.0 Å². The standard InChI is InChI=1S/C14H19F3N2O3S.ClH/c15-14(16,17)22-12-7-3-4-8-13(12)23(20,21)19-11(9-18)10-5-1-2-6-10;/h3-4,7-8,10-11,19H,1-2,5-6,9,18H2;1H. The summed E-state index contributed by atoms with van der Waals surface area (Å²) in [5.41, 5.74) is 5.64. The second kappa shape index (κ2) is 8.37. The fourth-order valence-corrected chi connectivity index (χ4v) is 4.29. The minimum Gasteiger partial charge on any atom is -0.404 e. The Labute approximate surface area is 145 Å². The monoisotopic (exact) mass is 388 g/mol. The lowest BCUT2D eigenvalue weighted by Crippen LogP contribution is -2.44. The van der Waals surface area contributed by atoms with Crippen molar-refractivity contribution in [1.82, 2.24) is 4.72 Å². The Hall–Kier alpha value is -1.03. The number of hydrogen-bond acceptors (Lipinski definition) is 4. The van der Waals surface area contributed by atoms with E-state index in [2.05, 4.69) is 9.46 Å². The molecule has 0 spiro atoms. The van der Waals surface area contributed by atoms with Gasteiger partial charge in [0.15, 0.2) is 0 Å². The highest BCUT2D eigenvalue weighted by atomic mass is 35.5. The molecule has 1 fully saturated rings. The molecule has 0 bridgehead atoms. The van der Waals surface area contributed by atoms with Gasteiger partial charge in [0, 0.05) is 12.6 Å². The number of nitrogens with two attached hydrogens (primary N) is 1. The molecular weight excluding hydrogens is 369 g/mol. The van der Waals surface area contributed by atoms with Crippen molar-refractivity contribution in [3.63, 3.8) is 0 Å². The molecule has 0 heterocycles. The van der Waals surface area contributed by atoms with Crippen LogP contribution in [0.1, 0.15) is 25.7 Å². The average Bonchev–Trinajstić information content (AvgIpc) is 2.97. The predicted molar refractivity (Wildman–Crippen MR) is 85.5 cm³/mol. The third-order valence-corrected chi connectivity index (χ3v) is 5.42. The first kappa shape index (κ1) is 21.0. The summed E-state index contributed by atoms with van der Waals surface area (Å²) in [7, 11) is -4.17. The first-order chi connectivity index (χ1) is 10.7. The zero-order valence-electron chi connectivity index (χ0n) is 12.8. The lowest BCUT2D eigenvalue weighted by atomic mass is 9.99. The maximum atomic E-state index is 12.5. The minimum absolute atomic E-state index is 0. The van der Waals surface area contributed by atoms with E-state index in [1.807, 2.05) is 0 Å². The number of ether oxygens (including phenoxy) is 1. The van der Waals surface area contributed by atoms with Crippen molar-refractivity contribution in [3.05, 3.63) is 24.3 Å². The fourth-order valence-electron chi connectivity index (χ4n) is 2.84. The second-order valence-electron chi connectivity index (χ2n) is 5.50. The smallest absolute Gasteiger partial charge is 0.404 e. The SMILES string of the molecule is Cl.NCC(NS(=O)(=O)c1ccccc1OC(F)(F)F)C1CCCC1. The molecule has 1 aromatic rings. The second-order valence-corrected chi connectivity index (χ2v) is 7.18. The Balaban J connectivity index is 0.00000288. The van der Waals surface area contributed by atoms with Gasteiger partial charge in [-0.25, -0.2) is 13.1 Å². The zero-order chi connectivity index (χ0) is 17.1. The molecule has 0 aliphatic heterocycles. The number of rotatable bonds is 6. The van der Waals surface area contributed by atoms with Crippen LogP contribution in [-0.2, 0) is 10.0 Å². The van der Waals surface area contributed by atoms with Crippen LogP contribution in [0.5, 0.6) is 5.75 Å². The van der Waals surface area contributed by atoms with Crippen LogP contribution in [0.25, 0.3) is 0 Å². The van der Waals surface area contributed by atoms with Gasteiger partial charge in [0.2, 0.25) is 10.0 Å². The van der Waals surface area contributed by atoms with Crippen molar-refractivity contribution in [2.75, 3.05) is 6.54 Å². The van der Waals surface area contributed by atoms with E-state index in [1.54, 1.807) is 0 Å². The summed E-state index contributed by atoms with van der Waals surface area (Å²) in [6.07, 6.45) is -1.27. The van der Waals surface area contributed by atoms with Gasteiger partial charge in [-0.3, -0.25) is 0 Å². The van der Waals surface area contributed by atoms with Crippen molar-refractivity contribution < 1.29 is 26.3 Å². The zero-order valence-corrected chi connectivity index (χ0v) is 14.4. The molecule has 1 unspecified atom stereocenters. The third-order valence-electron chi connectivity index (χ3n) is 3.89. The topological polar surface area (TPSA) is 81.4 Å². The summed E-state index contributed by atoms with van der Waals surface area (Å²) in [5.74, 6) is -0.653. The summed E-state index contributed by atoms with van der Waals surface area (Å²) in [6, 6.07) is 4.16. The van der Waals surface area contributed by atoms with Gasteiger partial charge in [0.1, 0.15) is 10.6 Å². The highest BCUT2D eigenvalue weighted by Gasteiger charge is 2.35. The Morgan fingerprint density at radius 1 is 1.25 bits per heavy atom. The summed E-state index contributed by atoms with van der Waals surface area (Å²) in [6.45, 7) is 0.0895. The van der Waals surface area contributed by atoms with Crippen LogP contribution in [0.2, 0.25) is 0 Å². The lowest BCUT2D eigenvalue weighted by molar-refractivity contribution is -0.275. The van der Waals surface area contributed by atoms with Crippen LogP contribution in [0, 0.1) is 5.92 Å². The van der Waals surface area contributed by atoms with Crippen LogP contribution in [0.4, 0.5) is 13.2 Å². The third kappa shape index (κ3) is 5.51. The molecule has 2 rings (SSSR count). The number of nitrogens with one attached hydrogen (secondary N) is 1. The number of para-hydroxylation sites is 1. The van der Waals surface area contributed by atoms with Crippen molar-refractivity contribution in [1.29, 1.82) is 0 Å². The maximum absolute atomic E-state index is 12.5. The molecule has 0 saturated heterocycles. The van der Waals surface area contributed by atoms with Gasteiger partial charge in [0.05, 0.1) is 0 Å². The van der Waals surface area contributed by atoms with E-state index in [0.29, 0.717) is 0 Å². The predicted octanol–water partition coefficient (Wildman–Crippen LogP) is 2.80. The highest BCUT2D eigenvalue weighted by molar-refractivity contribution is 7.89. The Morgan fingerprint density at radius 3 is 2.38 bits per heavy atom. The summed E-state index contributed by atoms with van der Waals surface area (Å²) < 4.78 is 68.4. The molecule has 5 nitrogen and oxygen atoms in total. The summed E-state index contributed by atoms with van der Waals surface area (Å²) in [4.78, 5) is -0.547. The van der Waals surface area contributed by atoms with Crippen LogP contribution in [0.3, 0.4) is 0 Å². The Morgan fingerprint density at radius 2 is 1.83 bits per heavy atom. The van der Waals surface area contributed by atoms with Gasteiger partial charge >= 0.3 is 6.36 Å². The van der Waals surface area contributed by atoms with E-state index in [-0.39, 0.29) is 24.9 Å². The lowest BCUT2D eigenvalue weighted by Gasteiger charge is -2.23. The molecule has 1 saturated carbocycles. The van der Waals surface area contributed by atoms with Gasteiger partial charge in [-0.05, 0) is 30.9 Å². The average molecular weight is 389 g/mol. The van der Waals surface area contributed by atoms with Crippen LogP contribution in [-0.4, -0.2) is 27.4 Å². The first-order valence-corrected chi connectivity index (χ1v) is 8.78. The van der Waals surface area contributed by atoms with Gasteiger partial charge in [-0.2, -0.15) is 0 Å². The minimum atomic E-state index is -4.97. The van der Waals surface area contributed by atoms with E-state index in [9.17, 15) is 21.6 Å². The molecule has 0 amide bonds. The molecule has 10 heteroatoms. The first-order valence-electron chi connectivity index (χ1n) is 7.30. The van der Waals surface area contributed by atoms with Gasteiger partial charge < -0.3 is 10.5 Å². The summed E-state index contributed by atoms with van der Waals surface area (Å²) in [5, 5.41) is 0. The Kier molecular flexibility index (Phi) is 7.33. The van der Waals surface area contributed by atoms with E-state index in [0.717, 1.165) is 37.8 Å². The molecule has 138 valence electrons. The number of sulfonamides is 1. The number of benzene rings is 1. The fraction of sp³-hybridized carbons (Fsp3) is 0.571. The molecule has 24 heavy (non-hydrogen) atoms. The van der Waals surface area contributed by atoms with Gasteiger partial charge in [-0.1, -0.05) is 25.0 Å². The Bertz CT molecular complexity index is 634. The van der Waals surface area contributed by atoms with Crippen molar-refractivity contribution in [2.24, 2.45) is 11.7 Å². The van der Waals surface area contributed by atoms with Crippen molar-refractivity contribution in [3.8, 4) is 5.75 Å². The quantitative estimate of drug-likeness (QED) is 0.785. The number of halogens is 4. The number of hydrogen-bond donors (Lipinski definition) is 2. The maximum Gasteiger partial charge on any atom is 0.573 e. The van der Waals surface area contributed by atoms with Crippen LogP contribution < -0.4 is 15.2 Å². The number of alkyl halides is 3. The van der Waals surface area contributed by atoms with E-state index >= 15 is 0 Å². The largest absolute Gasteiger partial charge is 0.573 e. The van der Waals surface area contributed by atoms with Crippen LogP contribution >= 0.6 is 12.4 Å². The van der Waals surface area contributed by atoms with Crippen molar-refractivity contribution >= 4 is 22.4 Å². The molecule has 0 radical (unpaired) electrons. The molecule has 0 aromatic heterocycles. The van der Waals surface area contributed by atoms with Gasteiger partial charge in [-0.15, -0.1) is 25.6 Å². The highest BCUT2D eigenvalue weighted by Crippen LogP contribution is 2.31. The summed E-state index contributed by atoms with van der Waals surface area (Å²) >= 11 is 0. The van der Waals surface area contributed by atoms with Crippen LogP contribution in [0.15, 0.2) is 29.2 Å². The molecule has 1 aliphatic rings. The molecule has 3 N–H and O–H groups in total. The molecule has 1 aliphatic carbocycles. The molecule has 1 atom stereocenters. The molecule has 1 aromatic carbocycles. The normalized spacial score (nSPS) is 17.3. The van der Waals surface area contributed by atoms with E-state index in [1.165, 1.54) is 12.1 Å².